The molecule has 0 N–H and O–H groups in total. The molecule has 1 atom stereocenters. The number of piperidine rings is 1. The van der Waals surface area contributed by atoms with Gasteiger partial charge in [-0.1, -0.05) is 22.4 Å². The maximum Gasteiger partial charge on any atom is 0.244 e. The van der Waals surface area contributed by atoms with Crippen molar-refractivity contribution in [1.29, 1.82) is 0 Å². The molecule has 102 valence electrons. The molecule has 0 aromatic carbocycles. The number of aryl methyl sites for hydroxylation is 1. The van der Waals surface area contributed by atoms with E-state index in [-0.39, 0.29) is 6.04 Å². The summed E-state index contributed by atoms with van der Waals surface area (Å²) in [4.78, 5) is 1.30. The molecule has 18 heavy (non-hydrogen) atoms. The van der Waals surface area contributed by atoms with Gasteiger partial charge in [-0.3, -0.25) is 0 Å². The van der Waals surface area contributed by atoms with Gasteiger partial charge in [0, 0.05) is 22.8 Å². The summed E-state index contributed by atoms with van der Waals surface area (Å²) in [5.41, 5.74) is 0. The summed E-state index contributed by atoms with van der Waals surface area (Å²) in [6.45, 7) is 2.49. The second kappa shape index (κ2) is 5.91. The van der Waals surface area contributed by atoms with Crippen LogP contribution in [0.3, 0.4) is 0 Å². The fourth-order valence-electron chi connectivity index (χ4n) is 2.26. The number of rotatable bonds is 3. The van der Waals surface area contributed by atoms with Crippen LogP contribution in [0.4, 0.5) is 0 Å². The summed E-state index contributed by atoms with van der Waals surface area (Å²) in [6.07, 6.45) is 3.00. The van der Waals surface area contributed by atoms with Gasteiger partial charge in [0.05, 0.1) is 8.68 Å². The van der Waals surface area contributed by atoms with E-state index >= 15 is 0 Å². The van der Waals surface area contributed by atoms with Crippen molar-refractivity contribution in [3.8, 4) is 0 Å². The van der Waals surface area contributed by atoms with Crippen LogP contribution in [-0.4, -0.2) is 30.6 Å². The normalized spacial score (nSPS) is 22.3. The van der Waals surface area contributed by atoms with E-state index < -0.39 is 10.0 Å². The third kappa shape index (κ3) is 2.85. The van der Waals surface area contributed by atoms with E-state index in [1.54, 1.807) is 10.4 Å². The number of thiophene rings is 1. The van der Waals surface area contributed by atoms with E-state index in [0.717, 1.165) is 27.9 Å². The Morgan fingerprint density at radius 3 is 2.78 bits per heavy atom. The number of alkyl halides is 1. The molecule has 0 aliphatic carbocycles. The third-order valence-electron chi connectivity index (χ3n) is 3.18. The summed E-state index contributed by atoms with van der Waals surface area (Å²) < 4.78 is 27.9. The molecular weight excluding hydrogens is 402 g/mol. The van der Waals surface area contributed by atoms with Gasteiger partial charge in [0.2, 0.25) is 10.0 Å². The molecule has 2 heterocycles. The molecule has 1 aliphatic heterocycles. The quantitative estimate of drug-likeness (QED) is 0.703. The van der Waals surface area contributed by atoms with E-state index in [4.69, 9.17) is 0 Å². The largest absolute Gasteiger partial charge is 0.244 e. The molecule has 3 nitrogen and oxygen atoms in total. The van der Waals surface area contributed by atoms with Crippen molar-refractivity contribution in [3.63, 3.8) is 0 Å². The maximum atomic E-state index is 12.7. The molecule has 7 heteroatoms. The second-order valence-corrected chi connectivity index (χ2v) is 9.53. The lowest BCUT2D eigenvalue weighted by Crippen LogP contribution is -2.44. The van der Waals surface area contributed by atoms with E-state index in [1.165, 1.54) is 11.3 Å². The molecule has 0 spiro atoms. The standard InChI is InChI=1S/C11H15Br2NO2S2/c1-8-10(6-11(13)17-8)18(15,16)14-5-3-2-4-9(14)7-12/h6,9H,2-5,7H2,1H3. The van der Waals surface area contributed by atoms with Crippen molar-refractivity contribution in [3.05, 3.63) is 14.7 Å². The zero-order chi connectivity index (χ0) is 13.3. The van der Waals surface area contributed by atoms with Crippen molar-refractivity contribution < 1.29 is 8.42 Å². The van der Waals surface area contributed by atoms with Gasteiger partial charge in [-0.05, 0) is 41.8 Å². The highest BCUT2D eigenvalue weighted by atomic mass is 79.9. The molecule has 1 aromatic rings. The summed E-state index contributed by atoms with van der Waals surface area (Å²) in [5, 5.41) is 0.705. The average molecular weight is 417 g/mol. The van der Waals surface area contributed by atoms with Gasteiger partial charge in [0.15, 0.2) is 0 Å². The SMILES string of the molecule is Cc1sc(Br)cc1S(=O)(=O)N1CCCCC1CBr. The Bertz CT molecular complexity index is 527. The first-order valence-electron chi connectivity index (χ1n) is 5.80. The molecular formula is C11H15Br2NO2S2. The van der Waals surface area contributed by atoms with Gasteiger partial charge in [-0.15, -0.1) is 11.3 Å². The highest BCUT2D eigenvalue weighted by Gasteiger charge is 2.34. The van der Waals surface area contributed by atoms with Crippen LogP contribution in [-0.2, 0) is 10.0 Å². The maximum absolute atomic E-state index is 12.7. The predicted molar refractivity (Wildman–Crippen MR) is 82.1 cm³/mol. The highest BCUT2D eigenvalue weighted by Crippen LogP contribution is 2.34. The van der Waals surface area contributed by atoms with Gasteiger partial charge < -0.3 is 0 Å². The molecule has 1 unspecified atom stereocenters. The molecule has 0 amide bonds. The Labute approximate surface area is 129 Å². The van der Waals surface area contributed by atoms with Crippen molar-refractivity contribution in [2.75, 3.05) is 11.9 Å². The Balaban J connectivity index is 2.38. The highest BCUT2D eigenvalue weighted by molar-refractivity contribution is 9.11. The zero-order valence-corrected chi connectivity index (χ0v) is 14.8. The van der Waals surface area contributed by atoms with Crippen molar-refractivity contribution in [1.82, 2.24) is 4.31 Å². The first kappa shape index (κ1) is 15.0. The third-order valence-corrected chi connectivity index (χ3v) is 7.69. The minimum atomic E-state index is -3.35. The number of hydrogen-bond acceptors (Lipinski definition) is 3. The average Bonchev–Trinajstić information content (AvgIpc) is 2.69. The van der Waals surface area contributed by atoms with Crippen molar-refractivity contribution in [2.24, 2.45) is 0 Å². The van der Waals surface area contributed by atoms with Gasteiger partial charge >= 0.3 is 0 Å². The lowest BCUT2D eigenvalue weighted by atomic mass is 10.1. The van der Waals surface area contributed by atoms with Gasteiger partial charge in [0.1, 0.15) is 0 Å². The fourth-order valence-corrected chi connectivity index (χ4v) is 7.20. The molecule has 1 fully saturated rings. The van der Waals surface area contributed by atoms with Crippen LogP contribution in [0.5, 0.6) is 0 Å². The first-order chi connectivity index (χ1) is 8.46. The van der Waals surface area contributed by atoms with E-state index in [0.29, 0.717) is 16.8 Å². The number of sulfonamides is 1. The molecule has 2 rings (SSSR count). The summed E-state index contributed by atoms with van der Waals surface area (Å²) in [5.74, 6) is 0. The molecule has 0 saturated carbocycles. The van der Waals surface area contributed by atoms with Crippen LogP contribution in [0.1, 0.15) is 24.1 Å². The second-order valence-electron chi connectivity index (χ2n) is 4.39. The van der Waals surface area contributed by atoms with Crippen molar-refractivity contribution >= 4 is 53.2 Å². The molecule has 1 saturated heterocycles. The number of halogens is 2. The van der Waals surface area contributed by atoms with Crippen LogP contribution in [0.2, 0.25) is 0 Å². The summed E-state index contributed by atoms with van der Waals surface area (Å²) in [6, 6.07) is 1.80. The fraction of sp³-hybridized carbons (Fsp3) is 0.636. The predicted octanol–water partition coefficient (Wildman–Crippen LogP) is 3.76. The summed E-state index contributed by atoms with van der Waals surface area (Å²) >= 11 is 8.25. The minimum Gasteiger partial charge on any atom is -0.207 e. The number of nitrogens with zero attached hydrogens (tertiary/aromatic N) is 1. The monoisotopic (exact) mass is 415 g/mol. The van der Waals surface area contributed by atoms with Gasteiger partial charge in [0.25, 0.3) is 0 Å². The smallest absolute Gasteiger partial charge is 0.207 e. The van der Waals surface area contributed by atoms with Crippen LogP contribution in [0.15, 0.2) is 14.7 Å². The Kier molecular flexibility index (Phi) is 4.91. The topological polar surface area (TPSA) is 37.4 Å². The molecule has 1 aliphatic rings. The lowest BCUT2D eigenvalue weighted by molar-refractivity contribution is 0.273. The van der Waals surface area contributed by atoms with Crippen LogP contribution in [0.25, 0.3) is 0 Å². The van der Waals surface area contributed by atoms with Gasteiger partial charge in [-0.2, -0.15) is 4.31 Å². The Morgan fingerprint density at radius 1 is 1.50 bits per heavy atom. The summed E-state index contributed by atoms with van der Waals surface area (Å²) in [7, 11) is -3.35. The number of hydrogen-bond donors (Lipinski definition) is 0. The van der Waals surface area contributed by atoms with Crippen LogP contribution >= 0.6 is 43.2 Å². The van der Waals surface area contributed by atoms with Crippen molar-refractivity contribution in [2.45, 2.75) is 37.1 Å². The molecule has 0 radical (unpaired) electrons. The Morgan fingerprint density at radius 2 is 2.22 bits per heavy atom. The minimum absolute atomic E-state index is 0.0850. The van der Waals surface area contributed by atoms with E-state index in [1.807, 2.05) is 6.92 Å². The van der Waals surface area contributed by atoms with Gasteiger partial charge in [-0.25, -0.2) is 8.42 Å². The zero-order valence-electron chi connectivity index (χ0n) is 10.0. The lowest BCUT2D eigenvalue weighted by Gasteiger charge is -2.33. The van der Waals surface area contributed by atoms with E-state index in [2.05, 4.69) is 31.9 Å². The van der Waals surface area contributed by atoms with Crippen LogP contribution < -0.4 is 0 Å². The first-order valence-corrected chi connectivity index (χ1v) is 9.97. The van der Waals surface area contributed by atoms with Crippen LogP contribution in [0, 0.1) is 6.92 Å². The molecule has 1 aromatic heterocycles. The van der Waals surface area contributed by atoms with E-state index in [9.17, 15) is 8.42 Å². The Hall–Kier alpha value is 0.570. The molecule has 0 bridgehead atoms.